The van der Waals surface area contributed by atoms with Crippen LogP contribution >= 0.6 is 0 Å². The summed E-state index contributed by atoms with van der Waals surface area (Å²) in [4.78, 5) is 4.32. The fraction of sp³-hybridized carbons (Fsp3) is 0.571. The molecule has 0 aromatic heterocycles. The molecule has 3 nitrogen and oxygen atoms in total. The quantitative estimate of drug-likeness (QED) is 0.891. The van der Waals surface area contributed by atoms with Crippen molar-refractivity contribution < 1.29 is 4.39 Å². The minimum absolute atomic E-state index is 0.123. The Morgan fingerprint density at radius 3 is 2.67 bits per heavy atom. The van der Waals surface area contributed by atoms with Gasteiger partial charge in [0.05, 0.1) is 5.69 Å². The Kier molecular flexibility index (Phi) is 3.88. The summed E-state index contributed by atoms with van der Waals surface area (Å²) in [6.07, 6.45) is 1.08. The minimum Gasteiger partial charge on any atom is -0.368 e. The first kappa shape index (κ1) is 13.3. The molecule has 1 fully saturated rings. The molecule has 1 heterocycles. The maximum atomic E-state index is 14.1. The number of anilines is 1. The molecule has 2 atom stereocenters. The van der Waals surface area contributed by atoms with Gasteiger partial charge in [-0.3, -0.25) is 0 Å². The number of likely N-dealkylation sites (N-methyl/N-ethyl adjacent to an activating group) is 1. The average Bonchev–Trinajstić information content (AvgIpc) is 2.78. The van der Waals surface area contributed by atoms with Crippen molar-refractivity contribution in [2.75, 3.05) is 32.1 Å². The van der Waals surface area contributed by atoms with Gasteiger partial charge < -0.3 is 15.5 Å². The number of rotatable bonds is 3. The lowest BCUT2D eigenvalue weighted by Gasteiger charge is -2.22. The fourth-order valence-corrected chi connectivity index (χ4v) is 2.44. The highest BCUT2D eigenvalue weighted by molar-refractivity contribution is 5.50. The molecule has 0 amide bonds. The van der Waals surface area contributed by atoms with E-state index in [1.807, 2.05) is 19.1 Å². The first-order valence-corrected chi connectivity index (χ1v) is 6.45. The van der Waals surface area contributed by atoms with Gasteiger partial charge in [-0.25, -0.2) is 4.39 Å². The van der Waals surface area contributed by atoms with Gasteiger partial charge in [-0.15, -0.1) is 0 Å². The highest BCUT2D eigenvalue weighted by atomic mass is 19.1. The molecular formula is C14H22FN3. The Bertz CT molecular complexity index is 418. The molecule has 2 N–H and O–H groups in total. The van der Waals surface area contributed by atoms with E-state index in [1.165, 1.54) is 0 Å². The van der Waals surface area contributed by atoms with Crippen LogP contribution in [0.4, 0.5) is 10.1 Å². The molecule has 0 bridgehead atoms. The molecule has 1 aromatic rings. The van der Waals surface area contributed by atoms with Gasteiger partial charge in [0.1, 0.15) is 5.82 Å². The van der Waals surface area contributed by atoms with Gasteiger partial charge in [0.15, 0.2) is 0 Å². The largest absolute Gasteiger partial charge is 0.368 e. The van der Waals surface area contributed by atoms with Crippen molar-refractivity contribution in [3.8, 4) is 0 Å². The highest BCUT2D eigenvalue weighted by Gasteiger charge is 2.25. The van der Waals surface area contributed by atoms with Crippen LogP contribution in [-0.2, 0) is 0 Å². The number of hydrogen-bond donors (Lipinski definition) is 1. The highest BCUT2D eigenvalue weighted by Crippen LogP contribution is 2.26. The molecule has 18 heavy (non-hydrogen) atoms. The number of nitrogens with zero attached hydrogens (tertiary/aromatic N) is 2. The van der Waals surface area contributed by atoms with Gasteiger partial charge in [-0.05, 0) is 45.1 Å². The van der Waals surface area contributed by atoms with Crippen LogP contribution in [0, 0.1) is 5.82 Å². The zero-order chi connectivity index (χ0) is 13.3. The Morgan fingerprint density at radius 1 is 1.44 bits per heavy atom. The Hall–Kier alpha value is -1.13. The van der Waals surface area contributed by atoms with Crippen LogP contribution in [0.3, 0.4) is 0 Å². The Labute approximate surface area is 108 Å². The van der Waals surface area contributed by atoms with Crippen LogP contribution in [-0.4, -0.2) is 38.1 Å². The zero-order valence-electron chi connectivity index (χ0n) is 11.4. The lowest BCUT2D eigenvalue weighted by Crippen LogP contribution is -2.31. The summed E-state index contributed by atoms with van der Waals surface area (Å²) in [5.41, 5.74) is 7.31. The van der Waals surface area contributed by atoms with Crippen LogP contribution in [0.25, 0.3) is 0 Å². The molecule has 0 spiro atoms. The number of benzene rings is 1. The van der Waals surface area contributed by atoms with Gasteiger partial charge in [-0.2, -0.15) is 0 Å². The molecule has 1 aliphatic rings. The van der Waals surface area contributed by atoms with E-state index < -0.39 is 0 Å². The van der Waals surface area contributed by atoms with Crippen LogP contribution in [0.5, 0.6) is 0 Å². The summed E-state index contributed by atoms with van der Waals surface area (Å²) >= 11 is 0. The molecule has 0 saturated carbocycles. The molecule has 4 heteroatoms. The molecule has 1 unspecified atom stereocenters. The fourth-order valence-electron chi connectivity index (χ4n) is 2.44. The third-order valence-electron chi connectivity index (χ3n) is 3.73. The van der Waals surface area contributed by atoms with Crippen LogP contribution in [0.15, 0.2) is 18.2 Å². The van der Waals surface area contributed by atoms with Crippen molar-refractivity contribution in [3.05, 3.63) is 29.6 Å². The summed E-state index contributed by atoms with van der Waals surface area (Å²) in [5.74, 6) is -0.163. The molecule has 1 saturated heterocycles. The SMILES string of the molecule is C[C@@H](N)c1ccc(N2CCC(N(C)C)C2)c(F)c1. The number of hydrogen-bond acceptors (Lipinski definition) is 3. The second-order valence-electron chi connectivity index (χ2n) is 5.35. The summed E-state index contributed by atoms with van der Waals surface area (Å²) in [7, 11) is 4.15. The van der Waals surface area contributed by atoms with Crippen molar-refractivity contribution in [3.63, 3.8) is 0 Å². The maximum Gasteiger partial charge on any atom is 0.146 e. The van der Waals surface area contributed by atoms with Crippen LogP contribution < -0.4 is 10.6 Å². The molecule has 100 valence electrons. The van der Waals surface area contributed by atoms with Crippen molar-refractivity contribution in [2.45, 2.75) is 25.4 Å². The average molecular weight is 251 g/mol. The van der Waals surface area contributed by atoms with E-state index in [-0.39, 0.29) is 11.9 Å². The smallest absolute Gasteiger partial charge is 0.146 e. The zero-order valence-corrected chi connectivity index (χ0v) is 11.4. The van der Waals surface area contributed by atoms with Gasteiger partial charge in [0.2, 0.25) is 0 Å². The predicted octanol–water partition coefficient (Wildman–Crippen LogP) is 1.99. The topological polar surface area (TPSA) is 32.5 Å². The van der Waals surface area contributed by atoms with E-state index in [4.69, 9.17) is 5.73 Å². The van der Waals surface area contributed by atoms with Gasteiger partial charge in [0.25, 0.3) is 0 Å². The summed E-state index contributed by atoms with van der Waals surface area (Å²) in [5, 5.41) is 0. The number of halogens is 1. The summed E-state index contributed by atoms with van der Waals surface area (Å²) in [6.45, 7) is 3.67. The predicted molar refractivity (Wildman–Crippen MR) is 73.3 cm³/mol. The monoisotopic (exact) mass is 251 g/mol. The molecule has 1 aliphatic heterocycles. The van der Waals surface area contributed by atoms with Gasteiger partial charge in [-0.1, -0.05) is 6.07 Å². The van der Waals surface area contributed by atoms with E-state index in [2.05, 4.69) is 23.9 Å². The van der Waals surface area contributed by atoms with E-state index in [0.29, 0.717) is 11.7 Å². The second-order valence-corrected chi connectivity index (χ2v) is 5.35. The number of nitrogens with two attached hydrogens (primary N) is 1. The van der Waals surface area contributed by atoms with Crippen molar-refractivity contribution in [2.24, 2.45) is 5.73 Å². The van der Waals surface area contributed by atoms with Gasteiger partial charge >= 0.3 is 0 Å². The normalized spacial score (nSPS) is 21.7. The van der Waals surface area contributed by atoms with E-state index >= 15 is 0 Å². The Balaban J connectivity index is 2.15. The minimum atomic E-state index is -0.163. The van der Waals surface area contributed by atoms with Gasteiger partial charge in [0, 0.05) is 25.2 Å². The van der Waals surface area contributed by atoms with Crippen LogP contribution in [0.1, 0.15) is 24.9 Å². The summed E-state index contributed by atoms with van der Waals surface area (Å²) < 4.78 is 14.1. The third kappa shape index (κ3) is 2.65. The maximum absolute atomic E-state index is 14.1. The lowest BCUT2D eigenvalue weighted by atomic mass is 10.1. The van der Waals surface area contributed by atoms with Crippen molar-refractivity contribution >= 4 is 5.69 Å². The van der Waals surface area contributed by atoms with E-state index in [9.17, 15) is 4.39 Å². The lowest BCUT2D eigenvalue weighted by molar-refractivity contribution is 0.315. The molecular weight excluding hydrogens is 229 g/mol. The third-order valence-corrected chi connectivity index (χ3v) is 3.73. The second kappa shape index (κ2) is 5.24. The van der Waals surface area contributed by atoms with Crippen molar-refractivity contribution in [1.29, 1.82) is 0 Å². The first-order valence-electron chi connectivity index (χ1n) is 6.45. The molecule has 0 radical (unpaired) electrons. The molecule has 0 aliphatic carbocycles. The first-order chi connectivity index (χ1) is 8.49. The van der Waals surface area contributed by atoms with E-state index in [1.54, 1.807) is 6.07 Å². The van der Waals surface area contributed by atoms with Crippen molar-refractivity contribution in [1.82, 2.24) is 4.90 Å². The van der Waals surface area contributed by atoms with E-state index in [0.717, 1.165) is 25.1 Å². The standard InChI is InChI=1S/C14H22FN3/c1-10(16)11-4-5-14(13(15)8-11)18-7-6-12(9-18)17(2)3/h4-5,8,10,12H,6-7,9,16H2,1-3H3/t10-,12?/m1/s1. The summed E-state index contributed by atoms with van der Waals surface area (Å²) in [6, 6.07) is 5.72. The van der Waals surface area contributed by atoms with Crippen LogP contribution in [0.2, 0.25) is 0 Å². The Morgan fingerprint density at radius 2 is 2.17 bits per heavy atom. The molecule has 2 rings (SSSR count). The molecule has 1 aromatic carbocycles.